The summed E-state index contributed by atoms with van der Waals surface area (Å²) in [6.45, 7) is 0. The lowest BCUT2D eigenvalue weighted by Crippen LogP contribution is -2.31. The molecule has 4 aromatic rings. The van der Waals surface area contributed by atoms with Gasteiger partial charge in [0.15, 0.2) is 0 Å². The van der Waals surface area contributed by atoms with E-state index >= 15 is 0 Å². The van der Waals surface area contributed by atoms with Crippen LogP contribution in [0.15, 0.2) is 161 Å². The van der Waals surface area contributed by atoms with Gasteiger partial charge in [0.1, 0.15) is 0 Å². The van der Waals surface area contributed by atoms with Crippen LogP contribution in [0, 0.1) is 0 Å². The summed E-state index contributed by atoms with van der Waals surface area (Å²) in [5.74, 6) is 1.74. The highest BCUT2D eigenvalue weighted by molar-refractivity contribution is 5.89. The summed E-state index contributed by atoms with van der Waals surface area (Å²) >= 11 is 0. The summed E-state index contributed by atoms with van der Waals surface area (Å²) in [5, 5.41) is 0. The molecule has 0 saturated heterocycles. The van der Waals surface area contributed by atoms with Crippen molar-refractivity contribution in [2.75, 3.05) is 14.7 Å². The number of hydrogen-bond donors (Lipinski definition) is 0. The predicted octanol–water partition coefficient (Wildman–Crippen LogP) is 10.0. The molecular formula is C42H30N6. The van der Waals surface area contributed by atoms with Gasteiger partial charge in [-0.05, 0) is 107 Å². The van der Waals surface area contributed by atoms with E-state index in [1.54, 1.807) is 0 Å². The molecule has 0 spiro atoms. The van der Waals surface area contributed by atoms with Crippen LogP contribution in [0.4, 0.5) is 34.9 Å². The Labute approximate surface area is 279 Å². The van der Waals surface area contributed by atoms with Gasteiger partial charge in [0.25, 0.3) is 0 Å². The van der Waals surface area contributed by atoms with Crippen LogP contribution in [-0.4, -0.2) is 15.0 Å². The van der Waals surface area contributed by atoms with E-state index in [2.05, 4.69) is 160 Å². The van der Waals surface area contributed by atoms with E-state index in [0.717, 1.165) is 70.1 Å². The van der Waals surface area contributed by atoms with E-state index in [-0.39, 0.29) is 0 Å². The van der Waals surface area contributed by atoms with E-state index in [1.807, 2.05) is 0 Å². The Bertz CT molecular complexity index is 2070. The minimum absolute atomic E-state index is 0.579. The van der Waals surface area contributed by atoms with Crippen LogP contribution in [0.2, 0.25) is 0 Å². The highest BCUT2D eigenvalue weighted by Crippen LogP contribution is 2.47. The minimum Gasteiger partial charge on any atom is -0.278 e. The standard InChI is InChI=1S/C42H30N6/c1-7-19-34-28(13-1)25-29-14-2-8-20-35(29)46(34)40-43-41(47-36-21-9-3-15-30(36)26-31-16-4-10-22-37(31)47)45-42(44-40)48-38-23-11-5-17-32(38)27-33-18-6-12-24-39(33)48/h1-13,15,17,19-27H,14,16,18H2. The highest BCUT2D eigenvalue weighted by atomic mass is 15.4. The summed E-state index contributed by atoms with van der Waals surface area (Å²) < 4.78 is 0. The molecule has 0 unspecified atom stereocenters. The quantitative estimate of drug-likeness (QED) is 0.228. The van der Waals surface area contributed by atoms with Gasteiger partial charge in [0.2, 0.25) is 17.8 Å². The summed E-state index contributed by atoms with van der Waals surface area (Å²) in [4.78, 5) is 22.8. The van der Waals surface area contributed by atoms with Crippen molar-refractivity contribution >= 4 is 53.1 Å². The smallest absolute Gasteiger partial charge is 0.241 e. The first-order chi connectivity index (χ1) is 23.8. The van der Waals surface area contributed by atoms with Crippen molar-refractivity contribution in [3.8, 4) is 0 Å². The fourth-order valence-electron chi connectivity index (χ4n) is 7.43. The third kappa shape index (κ3) is 4.16. The van der Waals surface area contributed by atoms with Crippen molar-refractivity contribution in [1.82, 2.24) is 15.0 Å². The second-order valence-corrected chi connectivity index (χ2v) is 12.5. The monoisotopic (exact) mass is 618 g/mol. The van der Waals surface area contributed by atoms with E-state index in [0.29, 0.717) is 17.8 Å². The molecular weight excluding hydrogens is 589 g/mol. The molecule has 0 N–H and O–H groups in total. The molecule has 0 atom stereocenters. The third-order valence-corrected chi connectivity index (χ3v) is 9.62. The van der Waals surface area contributed by atoms with Gasteiger partial charge in [-0.25, -0.2) is 0 Å². The number of benzene rings is 3. The van der Waals surface area contributed by atoms with Crippen LogP contribution in [0.25, 0.3) is 18.2 Å². The van der Waals surface area contributed by atoms with Crippen molar-refractivity contribution < 1.29 is 0 Å². The number of allylic oxidation sites excluding steroid dienone is 12. The molecule has 3 aliphatic heterocycles. The van der Waals surface area contributed by atoms with Crippen molar-refractivity contribution in [3.63, 3.8) is 0 Å². The number of anilines is 6. The van der Waals surface area contributed by atoms with E-state index < -0.39 is 0 Å². The first kappa shape index (κ1) is 26.9. The maximum Gasteiger partial charge on any atom is 0.241 e. The maximum atomic E-state index is 5.39. The fourth-order valence-corrected chi connectivity index (χ4v) is 7.43. The highest BCUT2D eigenvalue weighted by Gasteiger charge is 2.34. The van der Waals surface area contributed by atoms with Crippen LogP contribution in [0.5, 0.6) is 0 Å². The van der Waals surface area contributed by atoms with Crippen molar-refractivity contribution in [2.45, 2.75) is 19.3 Å². The van der Waals surface area contributed by atoms with E-state index in [1.165, 1.54) is 16.7 Å². The zero-order valence-electron chi connectivity index (χ0n) is 26.2. The van der Waals surface area contributed by atoms with Crippen molar-refractivity contribution in [3.05, 3.63) is 178 Å². The minimum atomic E-state index is 0.579. The largest absolute Gasteiger partial charge is 0.278 e. The number of para-hydroxylation sites is 3. The lowest BCUT2D eigenvalue weighted by molar-refractivity contribution is 0.906. The van der Waals surface area contributed by atoms with Crippen LogP contribution >= 0.6 is 0 Å². The molecule has 1 aromatic heterocycles. The van der Waals surface area contributed by atoms with Crippen LogP contribution in [0.1, 0.15) is 36.0 Å². The Morgan fingerprint density at radius 3 is 1.04 bits per heavy atom. The Kier molecular flexibility index (Phi) is 5.96. The Balaban J connectivity index is 1.26. The van der Waals surface area contributed by atoms with E-state index in [4.69, 9.17) is 15.0 Å². The van der Waals surface area contributed by atoms with Gasteiger partial charge in [-0.2, -0.15) is 15.0 Å². The SMILES string of the molecule is C1=CCC2=Cc3ccccc3N(c3nc(N4C5=CC=CCC5=Cc5ccccc54)nc(N4C5=CC=CCC5=Cc5ccccc54)n3)C2=C1. The molecule has 6 nitrogen and oxygen atoms in total. The molecule has 6 heteroatoms. The van der Waals surface area contributed by atoms with Gasteiger partial charge in [-0.3, -0.25) is 14.7 Å². The van der Waals surface area contributed by atoms with Gasteiger partial charge in [-0.15, -0.1) is 0 Å². The Morgan fingerprint density at radius 2 is 0.708 bits per heavy atom. The molecule has 0 radical (unpaired) electrons. The zero-order valence-corrected chi connectivity index (χ0v) is 26.2. The average Bonchev–Trinajstić information content (AvgIpc) is 3.14. The lowest BCUT2D eigenvalue weighted by atomic mass is 9.94. The molecule has 6 aliphatic rings. The van der Waals surface area contributed by atoms with Crippen molar-refractivity contribution in [1.29, 1.82) is 0 Å². The first-order valence-corrected chi connectivity index (χ1v) is 16.5. The molecule has 4 heterocycles. The van der Waals surface area contributed by atoms with Gasteiger partial charge >= 0.3 is 0 Å². The number of fused-ring (bicyclic) bond motifs is 6. The normalized spacial score (nSPS) is 18.1. The zero-order chi connectivity index (χ0) is 31.6. The van der Waals surface area contributed by atoms with Crippen LogP contribution < -0.4 is 14.7 Å². The molecule has 0 bridgehead atoms. The number of rotatable bonds is 3. The summed E-state index contributed by atoms with van der Waals surface area (Å²) in [6.07, 6.45) is 28.9. The van der Waals surface area contributed by atoms with E-state index in [9.17, 15) is 0 Å². The van der Waals surface area contributed by atoms with Gasteiger partial charge in [0.05, 0.1) is 34.2 Å². The molecule has 10 rings (SSSR count). The second-order valence-electron chi connectivity index (χ2n) is 12.5. The summed E-state index contributed by atoms with van der Waals surface area (Å²) in [6, 6.07) is 25.5. The maximum absolute atomic E-state index is 5.39. The molecule has 3 aliphatic carbocycles. The third-order valence-electron chi connectivity index (χ3n) is 9.62. The summed E-state index contributed by atoms with van der Waals surface area (Å²) in [5.41, 5.74) is 13.5. The van der Waals surface area contributed by atoms with Gasteiger partial charge in [0, 0.05) is 0 Å². The lowest BCUT2D eigenvalue weighted by Gasteiger charge is -2.37. The topological polar surface area (TPSA) is 48.4 Å². The number of hydrogen-bond acceptors (Lipinski definition) is 6. The van der Waals surface area contributed by atoms with Crippen molar-refractivity contribution in [2.24, 2.45) is 0 Å². The number of aromatic nitrogens is 3. The first-order valence-electron chi connectivity index (χ1n) is 16.5. The fraction of sp³-hybridized carbons (Fsp3) is 0.0714. The molecule has 0 amide bonds. The predicted molar refractivity (Wildman–Crippen MR) is 195 cm³/mol. The Morgan fingerprint density at radius 1 is 0.396 bits per heavy atom. The van der Waals surface area contributed by atoms with Gasteiger partial charge in [-0.1, -0.05) is 91.1 Å². The van der Waals surface area contributed by atoms with Crippen LogP contribution in [-0.2, 0) is 0 Å². The molecule has 0 fully saturated rings. The molecule has 0 saturated carbocycles. The molecule has 228 valence electrons. The molecule has 48 heavy (non-hydrogen) atoms. The van der Waals surface area contributed by atoms with Crippen LogP contribution in [0.3, 0.4) is 0 Å². The van der Waals surface area contributed by atoms with Gasteiger partial charge < -0.3 is 0 Å². The number of nitrogens with zero attached hydrogens (tertiary/aromatic N) is 6. The Hall–Kier alpha value is -6.27. The average molecular weight is 619 g/mol. The summed E-state index contributed by atoms with van der Waals surface area (Å²) in [7, 11) is 0. The second kappa shape index (κ2) is 10.6. The molecule has 3 aromatic carbocycles.